The van der Waals surface area contributed by atoms with E-state index >= 15 is 0 Å². The molecule has 0 fully saturated rings. The highest BCUT2D eigenvalue weighted by atomic mass is 32.2. The van der Waals surface area contributed by atoms with E-state index in [1.165, 1.54) is 30.0 Å². The van der Waals surface area contributed by atoms with Crippen LogP contribution in [0.5, 0.6) is 0 Å². The number of hydrogen-bond donors (Lipinski definition) is 2. The highest BCUT2D eigenvalue weighted by Crippen LogP contribution is 2.30. The maximum atomic E-state index is 11.2. The van der Waals surface area contributed by atoms with Gasteiger partial charge >= 0.3 is 0 Å². The molecule has 8 nitrogen and oxygen atoms in total. The van der Waals surface area contributed by atoms with Crippen LogP contribution in [0.25, 0.3) is 11.5 Å². The van der Waals surface area contributed by atoms with Crippen molar-refractivity contribution in [1.82, 2.24) is 20.4 Å². The second-order valence-corrected chi connectivity index (χ2v) is 8.12. The molecular formula is C19H16N6O2S2. The third kappa shape index (κ3) is 5.18. The summed E-state index contributed by atoms with van der Waals surface area (Å²) in [5.41, 5.74) is 2.42. The van der Waals surface area contributed by atoms with Gasteiger partial charge in [-0.25, -0.2) is 0 Å². The lowest BCUT2D eigenvalue weighted by Gasteiger charge is -2.05. The maximum absolute atomic E-state index is 11.2. The lowest BCUT2D eigenvalue weighted by Crippen LogP contribution is -2.05. The van der Waals surface area contributed by atoms with E-state index in [9.17, 15) is 4.79 Å². The average Bonchev–Trinajstić information content (AvgIpc) is 3.36. The zero-order valence-corrected chi connectivity index (χ0v) is 17.0. The summed E-state index contributed by atoms with van der Waals surface area (Å²) in [6.07, 6.45) is 0. The van der Waals surface area contributed by atoms with Gasteiger partial charge in [-0.2, -0.15) is 0 Å². The molecule has 0 bridgehead atoms. The number of anilines is 3. The second kappa shape index (κ2) is 8.84. The maximum Gasteiger partial charge on any atom is 0.247 e. The molecule has 4 aromatic rings. The number of carbonyl (C=O) groups excluding carboxylic acids is 1. The minimum absolute atomic E-state index is 0.117. The first kappa shape index (κ1) is 19.1. The van der Waals surface area contributed by atoms with E-state index in [0.29, 0.717) is 28.4 Å². The minimum atomic E-state index is -0.117. The SMILES string of the molecule is CC(=O)Nc1cccc(Nc2nnc(SCc3nnc(-c4ccccc4)o3)s2)c1. The third-order valence-corrected chi connectivity index (χ3v) is 5.60. The Morgan fingerprint density at radius 2 is 1.86 bits per heavy atom. The molecule has 0 atom stereocenters. The van der Waals surface area contributed by atoms with Gasteiger partial charge in [-0.15, -0.1) is 20.4 Å². The molecule has 0 aliphatic rings. The molecule has 146 valence electrons. The summed E-state index contributed by atoms with van der Waals surface area (Å²) < 4.78 is 6.48. The Balaban J connectivity index is 1.35. The van der Waals surface area contributed by atoms with Crippen molar-refractivity contribution in [2.45, 2.75) is 17.0 Å². The quantitative estimate of drug-likeness (QED) is 0.415. The van der Waals surface area contributed by atoms with Crippen molar-refractivity contribution < 1.29 is 9.21 Å². The molecule has 2 aromatic heterocycles. The highest BCUT2D eigenvalue weighted by Gasteiger charge is 2.11. The summed E-state index contributed by atoms with van der Waals surface area (Å²) in [5, 5.41) is 23.1. The normalized spacial score (nSPS) is 10.7. The van der Waals surface area contributed by atoms with Crippen molar-refractivity contribution >= 4 is 45.5 Å². The molecule has 4 rings (SSSR count). The van der Waals surface area contributed by atoms with Crippen molar-refractivity contribution in [2.24, 2.45) is 0 Å². The molecule has 0 aliphatic carbocycles. The molecule has 0 spiro atoms. The van der Waals surface area contributed by atoms with Crippen LogP contribution in [0.4, 0.5) is 16.5 Å². The molecule has 0 saturated heterocycles. The van der Waals surface area contributed by atoms with Gasteiger partial charge in [0.15, 0.2) is 4.34 Å². The Morgan fingerprint density at radius 1 is 1.03 bits per heavy atom. The third-order valence-electron chi connectivity index (χ3n) is 3.65. The smallest absolute Gasteiger partial charge is 0.247 e. The Bertz CT molecular complexity index is 1110. The van der Waals surface area contributed by atoms with Crippen LogP contribution >= 0.6 is 23.1 Å². The molecule has 0 radical (unpaired) electrons. The number of thioether (sulfide) groups is 1. The number of hydrogen-bond acceptors (Lipinski definition) is 9. The number of nitrogens with one attached hydrogen (secondary N) is 2. The Kier molecular flexibility index (Phi) is 5.82. The van der Waals surface area contributed by atoms with Crippen LogP contribution in [0.2, 0.25) is 0 Å². The van der Waals surface area contributed by atoms with Crippen molar-refractivity contribution in [3.63, 3.8) is 0 Å². The Morgan fingerprint density at radius 3 is 2.69 bits per heavy atom. The van der Waals surface area contributed by atoms with Crippen LogP contribution < -0.4 is 10.6 Å². The van der Waals surface area contributed by atoms with Crippen molar-refractivity contribution in [3.8, 4) is 11.5 Å². The zero-order valence-electron chi connectivity index (χ0n) is 15.3. The number of nitrogens with zero attached hydrogens (tertiary/aromatic N) is 4. The summed E-state index contributed by atoms with van der Waals surface area (Å²) in [6.45, 7) is 1.47. The van der Waals surface area contributed by atoms with Crippen LogP contribution in [-0.4, -0.2) is 26.3 Å². The van der Waals surface area contributed by atoms with Crippen LogP contribution in [0.15, 0.2) is 63.4 Å². The number of rotatable bonds is 7. The number of benzene rings is 2. The fourth-order valence-corrected chi connectivity index (χ4v) is 4.06. The van der Waals surface area contributed by atoms with Gasteiger partial charge in [0.25, 0.3) is 0 Å². The van der Waals surface area contributed by atoms with E-state index in [1.54, 1.807) is 0 Å². The molecule has 0 saturated carbocycles. The number of carbonyl (C=O) groups is 1. The summed E-state index contributed by atoms with van der Waals surface area (Å²) in [7, 11) is 0. The van der Waals surface area contributed by atoms with E-state index in [1.807, 2.05) is 54.6 Å². The van der Waals surface area contributed by atoms with Gasteiger partial charge in [0.2, 0.25) is 22.8 Å². The lowest BCUT2D eigenvalue weighted by atomic mass is 10.2. The van der Waals surface area contributed by atoms with Gasteiger partial charge in [0.1, 0.15) is 0 Å². The fourth-order valence-electron chi connectivity index (χ4n) is 2.45. The Labute approximate surface area is 174 Å². The molecule has 2 aromatic carbocycles. The molecule has 10 heteroatoms. The zero-order chi connectivity index (χ0) is 20.1. The molecule has 0 aliphatic heterocycles. The first-order valence-corrected chi connectivity index (χ1v) is 10.4. The molecule has 1 amide bonds. The average molecular weight is 425 g/mol. The lowest BCUT2D eigenvalue weighted by molar-refractivity contribution is -0.114. The number of amides is 1. The van der Waals surface area contributed by atoms with E-state index in [2.05, 4.69) is 31.0 Å². The molecule has 2 N–H and O–H groups in total. The van der Waals surface area contributed by atoms with E-state index in [-0.39, 0.29) is 5.91 Å². The first-order valence-electron chi connectivity index (χ1n) is 8.64. The number of aromatic nitrogens is 4. The van der Waals surface area contributed by atoms with E-state index in [0.717, 1.165) is 15.6 Å². The first-order chi connectivity index (χ1) is 14.2. The van der Waals surface area contributed by atoms with Crippen LogP contribution in [0.1, 0.15) is 12.8 Å². The summed E-state index contributed by atoms with van der Waals surface area (Å²) in [4.78, 5) is 11.2. The van der Waals surface area contributed by atoms with Crippen LogP contribution in [0, 0.1) is 0 Å². The second-order valence-electron chi connectivity index (χ2n) is 5.92. The summed E-state index contributed by atoms with van der Waals surface area (Å²) in [5.74, 6) is 1.42. The standard InChI is InChI=1S/C19H16N6O2S2/c1-12(26)20-14-8-5-9-15(10-14)21-18-24-25-19(29-18)28-11-16-22-23-17(27-16)13-6-3-2-4-7-13/h2-10H,11H2,1H3,(H,20,26)(H,21,24). The molecule has 2 heterocycles. The highest BCUT2D eigenvalue weighted by molar-refractivity contribution is 8.00. The summed E-state index contributed by atoms with van der Waals surface area (Å²) in [6, 6.07) is 17.0. The van der Waals surface area contributed by atoms with Crippen LogP contribution in [0.3, 0.4) is 0 Å². The van der Waals surface area contributed by atoms with Crippen molar-refractivity contribution in [3.05, 3.63) is 60.5 Å². The van der Waals surface area contributed by atoms with Gasteiger partial charge in [0.05, 0.1) is 5.75 Å². The van der Waals surface area contributed by atoms with Gasteiger partial charge in [-0.05, 0) is 30.3 Å². The minimum Gasteiger partial charge on any atom is -0.420 e. The topological polar surface area (TPSA) is 106 Å². The van der Waals surface area contributed by atoms with Gasteiger partial charge in [-0.1, -0.05) is 47.4 Å². The van der Waals surface area contributed by atoms with Gasteiger partial charge < -0.3 is 15.1 Å². The predicted octanol–water partition coefficient (Wildman–Crippen LogP) is 4.58. The van der Waals surface area contributed by atoms with Gasteiger partial charge in [-0.3, -0.25) is 4.79 Å². The monoisotopic (exact) mass is 424 g/mol. The molecular weight excluding hydrogens is 408 g/mol. The van der Waals surface area contributed by atoms with E-state index in [4.69, 9.17) is 4.42 Å². The van der Waals surface area contributed by atoms with Gasteiger partial charge in [0, 0.05) is 23.9 Å². The molecule has 0 unspecified atom stereocenters. The largest absolute Gasteiger partial charge is 0.420 e. The fraction of sp³-hybridized carbons (Fsp3) is 0.105. The van der Waals surface area contributed by atoms with Crippen molar-refractivity contribution in [1.29, 1.82) is 0 Å². The van der Waals surface area contributed by atoms with Crippen LogP contribution in [-0.2, 0) is 10.5 Å². The molecule has 29 heavy (non-hydrogen) atoms. The predicted molar refractivity (Wildman–Crippen MR) is 113 cm³/mol. The Hall–Kier alpha value is -3.24. The van der Waals surface area contributed by atoms with Crippen molar-refractivity contribution in [2.75, 3.05) is 10.6 Å². The summed E-state index contributed by atoms with van der Waals surface area (Å²) >= 11 is 2.90. The van der Waals surface area contributed by atoms with E-state index < -0.39 is 0 Å².